The van der Waals surface area contributed by atoms with E-state index in [1.54, 1.807) is 16.7 Å². The van der Waals surface area contributed by atoms with Crippen molar-refractivity contribution in [1.29, 1.82) is 0 Å². The van der Waals surface area contributed by atoms with Crippen LogP contribution >= 0.6 is 0 Å². The Morgan fingerprint density at radius 1 is 1.25 bits per heavy atom. The van der Waals surface area contributed by atoms with Crippen molar-refractivity contribution < 1.29 is 14.9 Å². The standard InChI is InChI=1S/C22H26N6O4/c1-27(2)14-9-7-13(8-10-14)5-3-4-6-17-24-19-20(25-22(23)26-21(19)31)28(17)18-11-15(30)16(12-29)32-18/h3-10,15-16,18,29-30H,11-12H2,1-2H3,(H3,23,25,26,31)/b5-3+,6-4+/t15-,16+,18+/m0/s1. The summed E-state index contributed by atoms with van der Waals surface area (Å²) in [6.07, 6.45) is 5.34. The van der Waals surface area contributed by atoms with Gasteiger partial charge in [0.05, 0.1) is 12.7 Å². The van der Waals surface area contributed by atoms with Gasteiger partial charge in [0.2, 0.25) is 5.95 Å². The van der Waals surface area contributed by atoms with E-state index in [2.05, 4.69) is 15.0 Å². The third-order valence-corrected chi connectivity index (χ3v) is 5.32. The lowest BCUT2D eigenvalue weighted by atomic mass is 10.2. The second-order valence-electron chi connectivity index (χ2n) is 7.78. The molecule has 32 heavy (non-hydrogen) atoms. The summed E-state index contributed by atoms with van der Waals surface area (Å²) < 4.78 is 7.40. The average Bonchev–Trinajstić information content (AvgIpc) is 3.31. The summed E-state index contributed by atoms with van der Waals surface area (Å²) in [5.41, 5.74) is 7.79. The van der Waals surface area contributed by atoms with Crippen LogP contribution < -0.4 is 16.2 Å². The van der Waals surface area contributed by atoms with Crippen LogP contribution in [0.1, 0.15) is 24.0 Å². The number of rotatable bonds is 6. The lowest BCUT2D eigenvalue weighted by Crippen LogP contribution is -2.24. The molecule has 5 N–H and O–H groups in total. The van der Waals surface area contributed by atoms with Gasteiger partial charge in [0, 0.05) is 26.2 Å². The van der Waals surface area contributed by atoms with Crippen molar-refractivity contribution in [3.63, 3.8) is 0 Å². The van der Waals surface area contributed by atoms with Gasteiger partial charge in [0.15, 0.2) is 11.2 Å². The Morgan fingerprint density at radius 2 is 1.97 bits per heavy atom. The van der Waals surface area contributed by atoms with Crippen LogP contribution in [0.3, 0.4) is 0 Å². The largest absolute Gasteiger partial charge is 0.394 e. The summed E-state index contributed by atoms with van der Waals surface area (Å²) in [4.78, 5) is 25.4. The first-order valence-corrected chi connectivity index (χ1v) is 10.2. The molecule has 0 bridgehead atoms. The topological polar surface area (TPSA) is 143 Å². The predicted molar refractivity (Wildman–Crippen MR) is 123 cm³/mol. The molecular formula is C22H26N6O4. The second-order valence-corrected chi connectivity index (χ2v) is 7.78. The molecule has 10 heteroatoms. The van der Waals surface area contributed by atoms with Crippen LogP contribution in [0, 0.1) is 0 Å². The Kier molecular flexibility index (Phi) is 6.08. The van der Waals surface area contributed by atoms with E-state index >= 15 is 0 Å². The number of aromatic nitrogens is 4. The van der Waals surface area contributed by atoms with Gasteiger partial charge in [-0.05, 0) is 23.8 Å². The molecule has 168 valence electrons. The van der Waals surface area contributed by atoms with E-state index in [0.29, 0.717) is 5.82 Å². The minimum atomic E-state index is -0.844. The van der Waals surface area contributed by atoms with E-state index in [4.69, 9.17) is 10.5 Å². The van der Waals surface area contributed by atoms with Gasteiger partial charge in [-0.15, -0.1) is 0 Å². The maximum atomic E-state index is 12.3. The van der Waals surface area contributed by atoms with Crippen LogP contribution in [0.25, 0.3) is 23.3 Å². The van der Waals surface area contributed by atoms with E-state index in [-0.39, 0.29) is 30.1 Å². The first-order chi connectivity index (χ1) is 15.4. The molecule has 1 saturated heterocycles. The zero-order valence-electron chi connectivity index (χ0n) is 17.8. The molecule has 3 atom stereocenters. The number of nitrogens with zero attached hydrogens (tertiary/aromatic N) is 4. The molecule has 0 aliphatic carbocycles. The Morgan fingerprint density at radius 3 is 2.62 bits per heavy atom. The van der Waals surface area contributed by atoms with Crippen molar-refractivity contribution in [3.05, 3.63) is 58.2 Å². The summed E-state index contributed by atoms with van der Waals surface area (Å²) in [6, 6.07) is 8.10. The SMILES string of the molecule is CN(C)c1ccc(/C=C/C=C/c2nc3c(=O)[nH]c(N)nc3n2[C@H]2C[C@H](O)[C@@H](CO)O2)cc1. The molecule has 4 rings (SSSR count). The first kappa shape index (κ1) is 21.8. The molecule has 0 unspecified atom stereocenters. The molecule has 3 heterocycles. The van der Waals surface area contributed by atoms with Crippen LogP contribution in [0.4, 0.5) is 11.6 Å². The van der Waals surface area contributed by atoms with Gasteiger partial charge in [0.25, 0.3) is 5.56 Å². The number of imidazole rings is 1. The summed E-state index contributed by atoms with van der Waals surface area (Å²) in [7, 11) is 3.98. The highest BCUT2D eigenvalue weighted by atomic mass is 16.5. The number of hydrogen-bond acceptors (Lipinski definition) is 8. The van der Waals surface area contributed by atoms with Crippen LogP contribution in [-0.4, -0.2) is 62.6 Å². The maximum Gasteiger partial charge on any atom is 0.280 e. The molecule has 1 fully saturated rings. The van der Waals surface area contributed by atoms with Gasteiger partial charge >= 0.3 is 0 Å². The van der Waals surface area contributed by atoms with Crippen LogP contribution in [0.15, 0.2) is 41.2 Å². The number of anilines is 2. The fourth-order valence-electron chi connectivity index (χ4n) is 3.65. The normalized spacial score (nSPS) is 21.3. The van der Waals surface area contributed by atoms with Crippen LogP contribution in [0.2, 0.25) is 0 Å². The monoisotopic (exact) mass is 438 g/mol. The summed E-state index contributed by atoms with van der Waals surface area (Å²) in [5, 5.41) is 19.6. The molecule has 0 radical (unpaired) electrons. The quantitative estimate of drug-likeness (QED) is 0.420. The van der Waals surface area contributed by atoms with E-state index in [1.165, 1.54) is 0 Å². The third kappa shape index (κ3) is 4.28. The molecule has 2 aromatic heterocycles. The number of fused-ring (bicyclic) bond motifs is 1. The van der Waals surface area contributed by atoms with E-state index in [0.717, 1.165) is 11.3 Å². The van der Waals surface area contributed by atoms with Crippen LogP contribution in [-0.2, 0) is 4.74 Å². The molecule has 0 saturated carbocycles. The van der Waals surface area contributed by atoms with Gasteiger partial charge in [-0.3, -0.25) is 14.3 Å². The first-order valence-electron chi connectivity index (χ1n) is 10.2. The number of nitrogens with two attached hydrogens (primary N) is 1. The molecule has 1 aromatic carbocycles. The highest BCUT2D eigenvalue weighted by molar-refractivity contribution is 5.74. The van der Waals surface area contributed by atoms with Gasteiger partial charge in [0.1, 0.15) is 18.2 Å². The van der Waals surface area contributed by atoms with E-state index in [1.807, 2.05) is 55.4 Å². The minimum absolute atomic E-state index is 0.0440. The van der Waals surface area contributed by atoms with Gasteiger partial charge in [-0.2, -0.15) is 4.98 Å². The number of aliphatic hydroxyl groups excluding tert-OH is 2. The number of aromatic amines is 1. The lowest BCUT2D eigenvalue weighted by molar-refractivity contribution is -0.0434. The number of allylic oxidation sites excluding steroid dienone is 2. The van der Waals surface area contributed by atoms with Crippen molar-refractivity contribution in [2.75, 3.05) is 31.3 Å². The zero-order valence-corrected chi connectivity index (χ0v) is 17.8. The number of ether oxygens (including phenoxy) is 1. The highest BCUT2D eigenvalue weighted by Gasteiger charge is 2.36. The van der Waals surface area contributed by atoms with Crippen molar-refractivity contribution in [2.24, 2.45) is 0 Å². The third-order valence-electron chi connectivity index (χ3n) is 5.32. The van der Waals surface area contributed by atoms with Gasteiger partial charge in [-0.1, -0.05) is 30.4 Å². The number of benzene rings is 1. The Hall–Kier alpha value is -3.47. The molecule has 1 aliphatic heterocycles. The van der Waals surface area contributed by atoms with Crippen molar-refractivity contribution in [1.82, 2.24) is 19.5 Å². The summed E-state index contributed by atoms with van der Waals surface area (Å²) in [5.74, 6) is 0.379. The minimum Gasteiger partial charge on any atom is -0.394 e. The summed E-state index contributed by atoms with van der Waals surface area (Å²) in [6.45, 7) is -0.318. The van der Waals surface area contributed by atoms with Gasteiger partial charge in [-0.25, -0.2) is 4.98 Å². The Bertz CT molecular complexity index is 1210. The van der Waals surface area contributed by atoms with Crippen molar-refractivity contribution in [3.8, 4) is 0 Å². The number of nitrogens with one attached hydrogen (secondary N) is 1. The van der Waals surface area contributed by atoms with Crippen LogP contribution in [0.5, 0.6) is 0 Å². The maximum absolute atomic E-state index is 12.3. The van der Waals surface area contributed by atoms with Gasteiger partial charge < -0.3 is 25.6 Å². The number of aliphatic hydroxyl groups is 2. The predicted octanol–water partition coefficient (Wildman–Crippen LogP) is 1.14. The molecular weight excluding hydrogens is 412 g/mol. The number of nitrogen functional groups attached to an aromatic ring is 1. The number of H-pyrrole nitrogens is 1. The number of hydrogen-bond donors (Lipinski definition) is 4. The van der Waals surface area contributed by atoms with Crippen molar-refractivity contribution in [2.45, 2.75) is 24.9 Å². The zero-order chi connectivity index (χ0) is 22.8. The molecule has 0 amide bonds. The molecule has 1 aliphatic rings. The van der Waals surface area contributed by atoms with Crippen molar-refractivity contribution >= 4 is 35.0 Å². The lowest BCUT2D eigenvalue weighted by Gasteiger charge is -2.15. The summed E-state index contributed by atoms with van der Waals surface area (Å²) >= 11 is 0. The van der Waals surface area contributed by atoms with E-state index < -0.39 is 24.0 Å². The smallest absolute Gasteiger partial charge is 0.280 e. The highest BCUT2D eigenvalue weighted by Crippen LogP contribution is 2.32. The fraction of sp³-hybridized carbons (Fsp3) is 0.318. The molecule has 10 nitrogen and oxygen atoms in total. The Labute approximate surface area is 184 Å². The average molecular weight is 438 g/mol. The second kappa shape index (κ2) is 8.95. The molecule has 3 aromatic rings. The molecule has 0 spiro atoms. The Balaban J connectivity index is 1.65. The fourth-order valence-corrected chi connectivity index (χ4v) is 3.65. The van der Waals surface area contributed by atoms with E-state index in [9.17, 15) is 15.0 Å².